The molecule has 0 atom stereocenters. The highest BCUT2D eigenvalue weighted by Crippen LogP contribution is 2.09. The SMILES string of the molecule is CCNC(=NCCc1nc(C(C)C)no1)NCCc1ccc(F)cc1.I. The molecule has 0 aliphatic carbocycles. The Morgan fingerprint density at radius 3 is 2.54 bits per heavy atom. The van der Waals surface area contributed by atoms with Gasteiger partial charge in [0.2, 0.25) is 5.89 Å². The number of benzene rings is 1. The molecule has 2 aromatic rings. The van der Waals surface area contributed by atoms with Crippen LogP contribution in [0.4, 0.5) is 4.39 Å². The van der Waals surface area contributed by atoms with Gasteiger partial charge in [0.1, 0.15) is 5.82 Å². The number of aliphatic imine (C=N–C) groups is 1. The number of rotatable bonds is 8. The number of hydrogen-bond acceptors (Lipinski definition) is 4. The molecule has 1 heterocycles. The molecule has 0 saturated heterocycles. The molecule has 2 rings (SSSR count). The van der Waals surface area contributed by atoms with Gasteiger partial charge in [-0.25, -0.2) is 4.39 Å². The number of nitrogens with zero attached hydrogens (tertiary/aromatic N) is 3. The number of hydrogen-bond donors (Lipinski definition) is 2. The number of halogens is 2. The fourth-order valence-corrected chi connectivity index (χ4v) is 2.19. The second-order valence-corrected chi connectivity index (χ2v) is 6.01. The van der Waals surface area contributed by atoms with Gasteiger partial charge in [0.15, 0.2) is 11.8 Å². The lowest BCUT2D eigenvalue weighted by molar-refractivity contribution is 0.372. The Labute approximate surface area is 171 Å². The zero-order valence-electron chi connectivity index (χ0n) is 15.5. The van der Waals surface area contributed by atoms with Gasteiger partial charge in [0, 0.05) is 25.4 Å². The predicted molar refractivity (Wildman–Crippen MR) is 112 cm³/mol. The summed E-state index contributed by atoms with van der Waals surface area (Å²) < 4.78 is 18.1. The van der Waals surface area contributed by atoms with Crippen molar-refractivity contribution in [1.82, 2.24) is 20.8 Å². The Hall–Kier alpha value is -1.71. The first-order valence-corrected chi connectivity index (χ1v) is 8.67. The Morgan fingerprint density at radius 1 is 1.19 bits per heavy atom. The van der Waals surface area contributed by atoms with Crippen molar-refractivity contribution in [2.75, 3.05) is 19.6 Å². The topological polar surface area (TPSA) is 75.3 Å². The molecule has 0 bridgehead atoms. The maximum absolute atomic E-state index is 12.9. The minimum Gasteiger partial charge on any atom is -0.357 e. The highest BCUT2D eigenvalue weighted by atomic mass is 127. The first kappa shape index (κ1) is 22.3. The molecule has 0 aliphatic rings. The summed E-state index contributed by atoms with van der Waals surface area (Å²) in [5, 5.41) is 10.4. The summed E-state index contributed by atoms with van der Waals surface area (Å²) in [6.07, 6.45) is 1.40. The maximum atomic E-state index is 12.9. The van der Waals surface area contributed by atoms with Gasteiger partial charge in [-0.15, -0.1) is 24.0 Å². The molecule has 0 aliphatic heterocycles. The van der Waals surface area contributed by atoms with Crippen LogP contribution in [0.25, 0.3) is 0 Å². The van der Waals surface area contributed by atoms with E-state index in [0.29, 0.717) is 18.9 Å². The molecule has 0 amide bonds. The molecule has 2 N–H and O–H groups in total. The molecule has 6 nitrogen and oxygen atoms in total. The maximum Gasteiger partial charge on any atom is 0.228 e. The Morgan fingerprint density at radius 2 is 1.92 bits per heavy atom. The van der Waals surface area contributed by atoms with Gasteiger partial charge in [-0.3, -0.25) is 4.99 Å². The summed E-state index contributed by atoms with van der Waals surface area (Å²) in [7, 11) is 0. The number of nitrogens with one attached hydrogen (secondary N) is 2. The molecule has 0 unspecified atom stereocenters. The van der Waals surface area contributed by atoms with Crippen molar-refractivity contribution in [3.8, 4) is 0 Å². The summed E-state index contributed by atoms with van der Waals surface area (Å²) >= 11 is 0. The third-order valence-corrected chi connectivity index (χ3v) is 3.56. The number of aromatic nitrogens is 2. The lowest BCUT2D eigenvalue weighted by atomic mass is 10.1. The normalized spacial score (nSPS) is 11.3. The minimum atomic E-state index is -0.215. The van der Waals surface area contributed by atoms with Crippen LogP contribution in [0.1, 0.15) is 44.0 Å². The average molecular weight is 475 g/mol. The quantitative estimate of drug-likeness (QED) is 0.348. The van der Waals surface area contributed by atoms with Crippen LogP contribution in [0.3, 0.4) is 0 Å². The van der Waals surface area contributed by atoms with Crippen molar-refractivity contribution in [1.29, 1.82) is 0 Å². The molecule has 0 saturated carbocycles. The summed E-state index contributed by atoms with van der Waals surface area (Å²) in [5.41, 5.74) is 1.08. The van der Waals surface area contributed by atoms with Gasteiger partial charge in [-0.05, 0) is 31.0 Å². The Balaban J connectivity index is 0.00000338. The zero-order valence-corrected chi connectivity index (χ0v) is 17.8. The molecular weight excluding hydrogens is 448 g/mol. The van der Waals surface area contributed by atoms with Crippen LogP contribution < -0.4 is 10.6 Å². The standard InChI is InChI=1S/C18H26FN5O.HI/c1-4-20-18(21-11-9-14-5-7-15(19)8-6-14)22-12-10-16-23-17(13(2)3)24-25-16;/h5-8,13H,4,9-12H2,1-3H3,(H2,20,21,22);1H. The van der Waals surface area contributed by atoms with Gasteiger partial charge in [-0.1, -0.05) is 31.1 Å². The van der Waals surface area contributed by atoms with E-state index in [2.05, 4.69) is 25.8 Å². The van der Waals surface area contributed by atoms with E-state index in [-0.39, 0.29) is 35.7 Å². The van der Waals surface area contributed by atoms with E-state index in [9.17, 15) is 4.39 Å². The molecule has 1 aromatic carbocycles. The fraction of sp³-hybridized carbons (Fsp3) is 0.500. The van der Waals surface area contributed by atoms with Crippen LogP contribution in [-0.2, 0) is 12.8 Å². The minimum absolute atomic E-state index is 0. The molecule has 8 heteroatoms. The third-order valence-electron chi connectivity index (χ3n) is 3.56. The van der Waals surface area contributed by atoms with E-state index in [4.69, 9.17) is 4.52 Å². The van der Waals surface area contributed by atoms with Crippen LogP contribution in [0, 0.1) is 5.82 Å². The lowest BCUT2D eigenvalue weighted by Gasteiger charge is -2.11. The number of guanidine groups is 1. The largest absolute Gasteiger partial charge is 0.357 e. The predicted octanol–water partition coefficient (Wildman–Crippen LogP) is 3.29. The van der Waals surface area contributed by atoms with Crippen molar-refractivity contribution in [2.45, 2.75) is 39.5 Å². The van der Waals surface area contributed by atoms with Crippen molar-refractivity contribution in [2.24, 2.45) is 4.99 Å². The first-order chi connectivity index (χ1) is 12.1. The second-order valence-electron chi connectivity index (χ2n) is 6.01. The van der Waals surface area contributed by atoms with Gasteiger partial charge in [-0.2, -0.15) is 4.98 Å². The molecule has 0 fully saturated rings. The summed E-state index contributed by atoms with van der Waals surface area (Å²) in [6.45, 7) is 8.13. The average Bonchev–Trinajstić information content (AvgIpc) is 3.06. The Bertz CT molecular complexity index is 672. The summed E-state index contributed by atoms with van der Waals surface area (Å²) in [6, 6.07) is 6.54. The van der Waals surface area contributed by atoms with Gasteiger partial charge >= 0.3 is 0 Å². The van der Waals surface area contributed by atoms with E-state index < -0.39 is 0 Å². The van der Waals surface area contributed by atoms with E-state index in [1.54, 1.807) is 12.1 Å². The third kappa shape index (κ3) is 7.67. The van der Waals surface area contributed by atoms with Crippen molar-refractivity contribution < 1.29 is 8.91 Å². The van der Waals surface area contributed by atoms with Crippen molar-refractivity contribution >= 4 is 29.9 Å². The van der Waals surface area contributed by atoms with Crippen LogP contribution in [-0.4, -0.2) is 35.7 Å². The van der Waals surface area contributed by atoms with Crippen LogP contribution in [0.5, 0.6) is 0 Å². The summed E-state index contributed by atoms with van der Waals surface area (Å²) in [5.74, 6) is 2.12. The van der Waals surface area contributed by atoms with Crippen molar-refractivity contribution in [3.05, 3.63) is 47.4 Å². The van der Waals surface area contributed by atoms with E-state index >= 15 is 0 Å². The van der Waals surface area contributed by atoms with Crippen molar-refractivity contribution in [3.63, 3.8) is 0 Å². The monoisotopic (exact) mass is 475 g/mol. The summed E-state index contributed by atoms with van der Waals surface area (Å²) in [4.78, 5) is 8.86. The Kier molecular flexibility index (Phi) is 10.2. The molecule has 26 heavy (non-hydrogen) atoms. The van der Waals surface area contributed by atoms with Gasteiger partial charge in [0.05, 0.1) is 6.54 Å². The van der Waals surface area contributed by atoms with Crippen LogP contribution >= 0.6 is 24.0 Å². The van der Waals surface area contributed by atoms with E-state index in [0.717, 1.165) is 36.9 Å². The molecule has 0 spiro atoms. The second kappa shape index (κ2) is 11.8. The molecule has 144 valence electrons. The lowest BCUT2D eigenvalue weighted by Crippen LogP contribution is -2.38. The first-order valence-electron chi connectivity index (χ1n) is 8.67. The zero-order chi connectivity index (χ0) is 18.1. The van der Waals surface area contributed by atoms with Gasteiger partial charge < -0.3 is 15.2 Å². The highest BCUT2D eigenvalue weighted by molar-refractivity contribution is 14.0. The van der Waals surface area contributed by atoms with Crippen LogP contribution in [0.2, 0.25) is 0 Å². The highest BCUT2D eigenvalue weighted by Gasteiger charge is 2.09. The smallest absolute Gasteiger partial charge is 0.228 e. The van der Waals surface area contributed by atoms with E-state index in [1.807, 2.05) is 20.8 Å². The van der Waals surface area contributed by atoms with Gasteiger partial charge in [0.25, 0.3) is 0 Å². The van der Waals surface area contributed by atoms with Crippen LogP contribution in [0.15, 0.2) is 33.8 Å². The molecular formula is C18H27FIN5O. The molecule has 0 radical (unpaired) electrons. The van der Waals surface area contributed by atoms with E-state index in [1.165, 1.54) is 12.1 Å². The molecule has 1 aromatic heterocycles. The fourth-order valence-electron chi connectivity index (χ4n) is 2.19.